The summed E-state index contributed by atoms with van der Waals surface area (Å²) in [6, 6.07) is 28.7. The number of pyridine rings is 2. The largest absolute Gasteiger partial charge is 0.493 e. The van der Waals surface area contributed by atoms with Crippen LogP contribution in [0.25, 0.3) is 54.5 Å². The second-order valence-electron chi connectivity index (χ2n) is 8.99. The number of benzene rings is 3. The van der Waals surface area contributed by atoms with Crippen LogP contribution in [0.3, 0.4) is 0 Å². The number of hydrogen-bond acceptors (Lipinski definition) is 6. The molecule has 6 nitrogen and oxygen atoms in total. The minimum Gasteiger partial charge on any atom is -0.493 e. The number of halogens is 3. The standard InChI is InChI=1S/C29H21N3OS.C2HF3O2/c30-16-18-9-11-20(12-10-18)26-23(19-5-2-1-3-6-19)15-24-27(32-26)25(17-31-29(24)33)22-8-4-7-21-13-14-34-28(21)22;3-2(4,5)1(6)7/h1-15,17H,16,30H2,(H,31,33);(H,6,7). The van der Waals surface area contributed by atoms with E-state index in [4.69, 9.17) is 20.6 Å². The van der Waals surface area contributed by atoms with E-state index in [2.05, 4.69) is 52.8 Å². The molecule has 0 aliphatic heterocycles. The summed E-state index contributed by atoms with van der Waals surface area (Å²) < 4.78 is 32.9. The number of fused-ring (bicyclic) bond motifs is 2. The Morgan fingerprint density at radius 1 is 0.878 bits per heavy atom. The highest BCUT2D eigenvalue weighted by molar-refractivity contribution is 7.17. The molecule has 0 aliphatic carbocycles. The quantitative estimate of drug-likeness (QED) is 0.200. The number of thiophene rings is 1. The highest BCUT2D eigenvalue weighted by Gasteiger charge is 2.38. The summed E-state index contributed by atoms with van der Waals surface area (Å²) in [5.74, 6) is -2.78. The number of nitrogens with two attached hydrogens (primary N) is 1. The predicted octanol–water partition coefficient (Wildman–Crippen LogP) is 7.64. The summed E-state index contributed by atoms with van der Waals surface area (Å²) in [6.45, 7) is 0.492. The van der Waals surface area contributed by atoms with Crippen molar-refractivity contribution in [1.82, 2.24) is 9.97 Å². The molecule has 206 valence electrons. The molecule has 0 amide bonds. The summed E-state index contributed by atoms with van der Waals surface area (Å²) in [6.07, 6.45) is -3.36. The number of aromatic nitrogens is 2. The molecular formula is C31H22F3N3O3S. The third kappa shape index (κ3) is 5.74. The lowest BCUT2D eigenvalue weighted by Crippen LogP contribution is -2.21. The van der Waals surface area contributed by atoms with Gasteiger partial charge in [-0.2, -0.15) is 13.2 Å². The van der Waals surface area contributed by atoms with Crippen molar-refractivity contribution in [2.45, 2.75) is 12.7 Å². The Bertz CT molecular complexity index is 1850. The van der Waals surface area contributed by atoms with Crippen LogP contribution in [0.2, 0.25) is 0 Å². The number of rotatable bonds is 4. The van der Waals surface area contributed by atoms with E-state index in [-0.39, 0.29) is 5.88 Å². The van der Waals surface area contributed by atoms with Gasteiger partial charge in [0.2, 0.25) is 5.88 Å². The van der Waals surface area contributed by atoms with Crippen LogP contribution >= 0.6 is 11.3 Å². The van der Waals surface area contributed by atoms with Gasteiger partial charge in [-0.1, -0.05) is 72.8 Å². The van der Waals surface area contributed by atoms with Crippen LogP contribution in [0.15, 0.2) is 96.5 Å². The normalized spacial score (nSPS) is 11.3. The van der Waals surface area contributed by atoms with Gasteiger partial charge in [-0.15, -0.1) is 11.3 Å². The Balaban J connectivity index is 0.000000431. The van der Waals surface area contributed by atoms with Crippen molar-refractivity contribution >= 4 is 38.3 Å². The Labute approximate surface area is 236 Å². The number of alkyl halides is 3. The van der Waals surface area contributed by atoms with E-state index in [1.54, 1.807) is 17.5 Å². The summed E-state index contributed by atoms with van der Waals surface area (Å²) in [7, 11) is 0. The van der Waals surface area contributed by atoms with Crippen molar-refractivity contribution in [2.24, 2.45) is 5.73 Å². The van der Waals surface area contributed by atoms with Crippen molar-refractivity contribution in [3.63, 3.8) is 0 Å². The molecule has 0 radical (unpaired) electrons. The van der Waals surface area contributed by atoms with E-state index >= 15 is 0 Å². The second-order valence-corrected chi connectivity index (χ2v) is 9.91. The Morgan fingerprint density at radius 2 is 1.59 bits per heavy atom. The number of carboxylic acid groups (broad SMARTS) is 1. The van der Waals surface area contributed by atoms with Gasteiger partial charge in [0.15, 0.2) is 0 Å². The second kappa shape index (κ2) is 11.4. The third-order valence-electron chi connectivity index (χ3n) is 6.39. The van der Waals surface area contributed by atoms with Crippen molar-refractivity contribution in [1.29, 1.82) is 0 Å². The molecule has 0 unspecified atom stereocenters. The number of aromatic hydroxyl groups is 1. The monoisotopic (exact) mass is 573 g/mol. The first-order valence-electron chi connectivity index (χ1n) is 12.3. The molecule has 10 heteroatoms. The van der Waals surface area contributed by atoms with Crippen molar-refractivity contribution in [3.8, 4) is 39.4 Å². The molecular weight excluding hydrogens is 551 g/mol. The average molecular weight is 574 g/mol. The summed E-state index contributed by atoms with van der Waals surface area (Å²) in [4.78, 5) is 18.4. The number of hydrogen-bond donors (Lipinski definition) is 3. The molecule has 0 aliphatic rings. The molecule has 6 aromatic rings. The van der Waals surface area contributed by atoms with Crippen LogP contribution in [0, 0.1) is 0 Å². The lowest BCUT2D eigenvalue weighted by Gasteiger charge is -2.15. The van der Waals surface area contributed by atoms with E-state index in [1.807, 2.05) is 42.5 Å². The maximum absolute atomic E-state index is 10.8. The van der Waals surface area contributed by atoms with E-state index in [1.165, 1.54) is 10.1 Å². The third-order valence-corrected chi connectivity index (χ3v) is 7.36. The molecule has 4 N–H and O–H groups in total. The number of nitrogens with zero attached hydrogens (tertiary/aromatic N) is 2. The number of aliphatic carboxylic acids is 1. The first-order chi connectivity index (χ1) is 19.7. The Kier molecular flexibility index (Phi) is 7.69. The van der Waals surface area contributed by atoms with Crippen molar-refractivity contribution in [3.05, 3.63) is 102 Å². The van der Waals surface area contributed by atoms with Gasteiger partial charge in [0.1, 0.15) is 0 Å². The zero-order chi connectivity index (χ0) is 29.1. The number of carboxylic acids is 1. The Morgan fingerprint density at radius 3 is 2.24 bits per heavy atom. The Hall–Kier alpha value is -4.80. The molecule has 0 spiro atoms. The van der Waals surface area contributed by atoms with Crippen molar-refractivity contribution in [2.75, 3.05) is 0 Å². The van der Waals surface area contributed by atoms with Gasteiger partial charge in [0.25, 0.3) is 0 Å². The number of carbonyl (C=O) groups is 1. The van der Waals surface area contributed by atoms with Gasteiger partial charge in [-0.25, -0.2) is 14.8 Å². The average Bonchev–Trinajstić information content (AvgIpc) is 3.47. The highest BCUT2D eigenvalue weighted by atomic mass is 32.1. The van der Waals surface area contributed by atoms with Gasteiger partial charge >= 0.3 is 12.1 Å². The molecule has 3 heterocycles. The van der Waals surface area contributed by atoms with E-state index < -0.39 is 12.1 Å². The molecule has 41 heavy (non-hydrogen) atoms. The van der Waals surface area contributed by atoms with Crippen LogP contribution in [-0.2, 0) is 11.3 Å². The topological polar surface area (TPSA) is 109 Å². The highest BCUT2D eigenvalue weighted by Crippen LogP contribution is 2.41. The van der Waals surface area contributed by atoms with Gasteiger partial charge in [0, 0.05) is 39.7 Å². The lowest BCUT2D eigenvalue weighted by molar-refractivity contribution is -0.192. The maximum atomic E-state index is 10.8. The summed E-state index contributed by atoms with van der Waals surface area (Å²) in [5, 5.41) is 21.8. The molecule has 0 atom stereocenters. The molecule has 0 saturated heterocycles. The van der Waals surface area contributed by atoms with E-state index in [0.29, 0.717) is 11.9 Å². The minimum atomic E-state index is -5.08. The lowest BCUT2D eigenvalue weighted by atomic mass is 9.95. The van der Waals surface area contributed by atoms with Gasteiger partial charge < -0.3 is 15.9 Å². The van der Waals surface area contributed by atoms with Crippen LogP contribution < -0.4 is 5.73 Å². The first kappa shape index (κ1) is 27.8. The smallest absolute Gasteiger partial charge is 0.490 e. The van der Waals surface area contributed by atoms with Gasteiger partial charge in [-0.3, -0.25) is 0 Å². The SMILES string of the molecule is NCc1ccc(-c2nc3c(-c4cccc5ccsc45)cnc(O)c3cc2-c2ccccc2)cc1.O=C(O)C(F)(F)F. The van der Waals surface area contributed by atoms with Gasteiger partial charge in [0.05, 0.1) is 16.6 Å². The molecule has 0 bridgehead atoms. The molecule has 6 rings (SSSR count). The fraction of sp³-hybridized carbons (Fsp3) is 0.0645. The van der Waals surface area contributed by atoms with E-state index in [0.717, 1.165) is 44.6 Å². The fourth-order valence-electron chi connectivity index (χ4n) is 4.40. The summed E-state index contributed by atoms with van der Waals surface area (Å²) in [5.41, 5.74) is 13.4. The summed E-state index contributed by atoms with van der Waals surface area (Å²) >= 11 is 1.70. The molecule has 3 aromatic carbocycles. The fourth-order valence-corrected chi connectivity index (χ4v) is 5.33. The van der Waals surface area contributed by atoms with E-state index in [9.17, 15) is 18.3 Å². The molecule has 0 saturated carbocycles. The van der Waals surface area contributed by atoms with Crippen LogP contribution in [-0.4, -0.2) is 32.3 Å². The predicted molar refractivity (Wildman–Crippen MR) is 154 cm³/mol. The zero-order valence-corrected chi connectivity index (χ0v) is 22.1. The minimum absolute atomic E-state index is 0.0215. The van der Waals surface area contributed by atoms with Crippen LogP contribution in [0.4, 0.5) is 13.2 Å². The maximum Gasteiger partial charge on any atom is 0.490 e. The van der Waals surface area contributed by atoms with Crippen molar-refractivity contribution < 1.29 is 28.2 Å². The van der Waals surface area contributed by atoms with Gasteiger partial charge in [-0.05, 0) is 34.0 Å². The van der Waals surface area contributed by atoms with Crippen LogP contribution in [0.5, 0.6) is 5.88 Å². The molecule has 0 fully saturated rings. The van der Waals surface area contributed by atoms with Crippen LogP contribution in [0.1, 0.15) is 5.56 Å². The molecule has 3 aromatic heterocycles. The first-order valence-corrected chi connectivity index (χ1v) is 13.2. The zero-order valence-electron chi connectivity index (χ0n) is 21.3.